The molecule has 1 aliphatic carbocycles. The van der Waals surface area contributed by atoms with Gasteiger partial charge in [-0.1, -0.05) is 42.5 Å². The van der Waals surface area contributed by atoms with Gasteiger partial charge < -0.3 is 10.2 Å². The molecule has 3 nitrogen and oxygen atoms in total. The number of amides is 2. The van der Waals surface area contributed by atoms with Gasteiger partial charge in [0.1, 0.15) is 5.82 Å². The molecule has 0 unspecified atom stereocenters. The van der Waals surface area contributed by atoms with Crippen LogP contribution in [-0.4, -0.2) is 24.0 Å². The van der Waals surface area contributed by atoms with Gasteiger partial charge in [0, 0.05) is 25.0 Å². The van der Waals surface area contributed by atoms with Crippen molar-refractivity contribution in [3.8, 4) is 0 Å². The number of urea groups is 1. The molecule has 1 N–H and O–H groups in total. The zero-order chi connectivity index (χ0) is 16.6. The first kappa shape index (κ1) is 15.2. The predicted molar refractivity (Wildman–Crippen MR) is 91.1 cm³/mol. The molecule has 4 heteroatoms. The van der Waals surface area contributed by atoms with Crippen molar-refractivity contribution in [3.63, 3.8) is 0 Å². The van der Waals surface area contributed by atoms with Gasteiger partial charge in [-0.05, 0) is 42.0 Å². The summed E-state index contributed by atoms with van der Waals surface area (Å²) in [6, 6.07) is 16.8. The number of carbonyl (C=O) groups excluding carboxylic acids is 1. The second kappa shape index (κ2) is 5.93. The van der Waals surface area contributed by atoms with Crippen molar-refractivity contribution in [3.05, 3.63) is 71.5 Å². The van der Waals surface area contributed by atoms with Crippen LogP contribution in [-0.2, 0) is 6.54 Å². The minimum atomic E-state index is -0.257. The summed E-state index contributed by atoms with van der Waals surface area (Å²) in [7, 11) is 0. The third kappa shape index (κ3) is 2.88. The van der Waals surface area contributed by atoms with Gasteiger partial charge in [-0.3, -0.25) is 0 Å². The Labute approximate surface area is 141 Å². The number of hydrogen-bond donors (Lipinski definition) is 1. The van der Waals surface area contributed by atoms with Crippen LogP contribution in [0, 0.1) is 11.2 Å². The minimum Gasteiger partial charge on any atom is -0.334 e. The largest absolute Gasteiger partial charge is 0.334 e. The zero-order valence-electron chi connectivity index (χ0n) is 13.5. The summed E-state index contributed by atoms with van der Waals surface area (Å²) in [4.78, 5) is 14.1. The van der Waals surface area contributed by atoms with Crippen LogP contribution < -0.4 is 5.32 Å². The molecule has 24 heavy (non-hydrogen) atoms. The Balaban J connectivity index is 1.23. The third-order valence-electron chi connectivity index (χ3n) is 5.33. The highest BCUT2D eigenvalue weighted by atomic mass is 19.1. The lowest BCUT2D eigenvalue weighted by molar-refractivity contribution is -0.0473. The van der Waals surface area contributed by atoms with Crippen molar-refractivity contribution in [2.75, 3.05) is 13.1 Å². The Kier molecular flexibility index (Phi) is 3.75. The standard InChI is InChI=1S/C20H21FN2O/c21-18-8-6-15(7-9-18)12-22-19(24)23-13-20(14-23)10-17(11-20)16-4-2-1-3-5-16/h1-9,17H,10-14H2,(H,22,24). The maximum atomic E-state index is 12.9. The van der Waals surface area contributed by atoms with E-state index in [0.29, 0.717) is 17.9 Å². The molecule has 2 aromatic carbocycles. The van der Waals surface area contributed by atoms with Crippen LogP contribution >= 0.6 is 0 Å². The third-order valence-corrected chi connectivity index (χ3v) is 5.33. The van der Waals surface area contributed by atoms with E-state index in [9.17, 15) is 9.18 Å². The van der Waals surface area contributed by atoms with Crippen LogP contribution in [0.4, 0.5) is 9.18 Å². The van der Waals surface area contributed by atoms with Gasteiger partial charge in [0.2, 0.25) is 0 Å². The molecule has 1 heterocycles. The number of nitrogens with zero attached hydrogens (tertiary/aromatic N) is 1. The molecule has 1 spiro atoms. The van der Waals surface area contributed by atoms with Gasteiger partial charge in [-0.15, -0.1) is 0 Å². The second-order valence-electron chi connectivity index (χ2n) is 7.16. The molecule has 0 aromatic heterocycles. The Hall–Kier alpha value is -2.36. The van der Waals surface area contributed by atoms with Crippen LogP contribution in [0.15, 0.2) is 54.6 Å². The molecule has 4 rings (SSSR count). The molecule has 1 aliphatic heterocycles. The number of benzene rings is 2. The summed E-state index contributed by atoms with van der Waals surface area (Å²) in [5, 5.41) is 2.91. The van der Waals surface area contributed by atoms with E-state index in [1.54, 1.807) is 12.1 Å². The van der Waals surface area contributed by atoms with Gasteiger partial charge >= 0.3 is 6.03 Å². The number of nitrogens with one attached hydrogen (secondary N) is 1. The van der Waals surface area contributed by atoms with Gasteiger partial charge in [0.05, 0.1) is 0 Å². The highest BCUT2D eigenvalue weighted by Crippen LogP contribution is 2.55. The second-order valence-corrected chi connectivity index (χ2v) is 7.16. The minimum absolute atomic E-state index is 0.0203. The molecule has 0 atom stereocenters. The van der Waals surface area contributed by atoms with E-state index in [1.165, 1.54) is 30.5 Å². The quantitative estimate of drug-likeness (QED) is 0.912. The lowest BCUT2D eigenvalue weighted by atomic mass is 9.56. The van der Waals surface area contributed by atoms with Gasteiger partial charge in [0.15, 0.2) is 0 Å². The summed E-state index contributed by atoms with van der Waals surface area (Å²) < 4.78 is 12.9. The fourth-order valence-corrected chi connectivity index (χ4v) is 4.00. The fourth-order valence-electron chi connectivity index (χ4n) is 4.00. The first-order chi connectivity index (χ1) is 11.6. The first-order valence-corrected chi connectivity index (χ1v) is 8.46. The Morgan fingerprint density at radius 3 is 2.42 bits per heavy atom. The van der Waals surface area contributed by atoms with E-state index in [4.69, 9.17) is 0 Å². The summed E-state index contributed by atoms with van der Waals surface area (Å²) in [5.41, 5.74) is 2.67. The van der Waals surface area contributed by atoms with Crippen molar-refractivity contribution in [1.29, 1.82) is 0 Å². The number of carbonyl (C=O) groups is 1. The number of rotatable bonds is 3. The van der Waals surface area contributed by atoms with Crippen LogP contribution in [0.2, 0.25) is 0 Å². The Morgan fingerprint density at radius 1 is 1.08 bits per heavy atom. The number of hydrogen-bond acceptors (Lipinski definition) is 1. The van der Waals surface area contributed by atoms with Crippen LogP contribution in [0.3, 0.4) is 0 Å². The highest BCUT2D eigenvalue weighted by Gasteiger charge is 2.53. The van der Waals surface area contributed by atoms with Crippen LogP contribution in [0.25, 0.3) is 0 Å². The summed E-state index contributed by atoms with van der Waals surface area (Å²) >= 11 is 0. The van der Waals surface area contributed by atoms with Crippen molar-refractivity contribution in [1.82, 2.24) is 10.2 Å². The van der Waals surface area contributed by atoms with Crippen molar-refractivity contribution in [2.45, 2.75) is 25.3 Å². The lowest BCUT2D eigenvalue weighted by Crippen LogP contribution is -2.64. The number of halogens is 1. The smallest absolute Gasteiger partial charge is 0.317 e. The summed E-state index contributed by atoms with van der Waals surface area (Å²) in [6.07, 6.45) is 2.36. The molecule has 124 valence electrons. The summed E-state index contributed by atoms with van der Waals surface area (Å²) in [5.74, 6) is 0.392. The van der Waals surface area contributed by atoms with Crippen molar-refractivity contribution >= 4 is 6.03 Å². The average molecular weight is 324 g/mol. The fraction of sp³-hybridized carbons (Fsp3) is 0.350. The van der Waals surface area contributed by atoms with Crippen molar-refractivity contribution in [2.24, 2.45) is 5.41 Å². The van der Waals surface area contributed by atoms with Gasteiger partial charge in [0.25, 0.3) is 0 Å². The van der Waals surface area contributed by atoms with Crippen LogP contribution in [0.5, 0.6) is 0 Å². The Morgan fingerprint density at radius 2 is 1.75 bits per heavy atom. The monoisotopic (exact) mass is 324 g/mol. The topological polar surface area (TPSA) is 32.3 Å². The molecule has 0 radical (unpaired) electrons. The van der Waals surface area contributed by atoms with E-state index >= 15 is 0 Å². The molecule has 2 aromatic rings. The van der Waals surface area contributed by atoms with E-state index in [-0.39, 0.29) is 11.8 Å². The molecule has 1 saturated carbocycles. The molecule has 2 amide bonds. The number of likely N-dealkylation sites (tertiary alicyclic amines) is 1. The van der Waals surface area contributed by atoms with Gasteiger partial charge in [-0.2, -0.15) is 0 Å². The normalized spacial score (nSPS) is 18.8. The SMILES string of the molecule is O=C(NCc1ccc(F)cc1)N1CC2(CC(c3ccccc3)C2)C1. The molecular formula is C20H21FN2O. The van der Waals surface area contributed by atoms with E-state index in [0.717, 1.165) is 18.7 Å². The zero-order valence-corrected chi connectivity index (χ0v) is 13.5. The van der Waals surface area contributed by atoms with Gasteiger partial charge in [-0.25, -0.2) is 9.18 Å². The summed E-state index contributed by atoms with van der Waals surface area (Å²) in [6.45, 7) is 2.15. The van der Waals surface area contributed by atoms with E-state index in [1.807, 2.05) is 4.90 Å². The Bertz CT molecular complexity index is 715. The van der Waals surface area contributed by atoms with E-state index < -0.39 is 0 Å². The van der Waals surface area contributed by atoms with Crippen molar-refractivity contribution < 1.29 is 9.18 Å². The maximum Gasteiger partial charge on any atom is 0.317 e. The molecule has 2 fully saturated rings. The average Bonchev–Trinajstić information content (AvgIpc) is 2.53. The molecular weight excluding hydrogens is 303 g/mol. The van der Waals surface area contributed by atoms with Crippen LogP contribution in [0.1, 0.15) is 29.9 Å². The first-order valence-electron chi connectivity index (χ1n) is 8.46. The maximum absolute atomic E-state index is 12.9. The molecule has 0 bridgehead atoms. The van der Waals surface area contributed by atoms with E-state index in [2.05, 4.69) is 35.6 Å². The lowest BCUT2D eigenvalue weighted by Gasteiger charge is -2.59. The highest BCUT2D eigenvalue weighted by molar-refractivity contribution is 5.75. The molecule has 2 aliphatic rings. The molecule has 1 saturated heterocycles. The predicted octanol–water partition coefficient (Wildman–Crippen LogP) is 3.91.